The molecule has 0 fully saturated rings. The van der Waals surface area contributed by atoms with Gasteiger partial charge < -0.3 is 0 Å². The molecule has 4 heteroatoms. The van der Waals surface area contributed by atoms with Crippen molar-refractivity contribution in [2.45, 2.75) is 33.1 Å². The molecule has 74 valence electrons. The monoisotopic (exact) mass is 190 g/mol. The molecule has 0 aliphatic heterocycles. The summed E-state index contributed by atoms with van der Waals surface area (Å²) in [6.07, 6.45) is 4.81. The van der Waals surface area contributed by atoms with Gasteiger partial charge in [-0.2, -0.15) is 4.98 Å². The molecule has 0 spiro atoms. The van der Waals surface area contributed by atoms with Gasteiger partial charge in [0.05, 0.1) is 0 Å². The van der Waals surface area contributed by atoms with Crippen molar-refractivity contribution in [3.05, 3.63) is 23.8 Å². The van der Waals surface area contributed by atoms with Gasteiger partial charge in [0.15, 0.2) is 5.82 Å². The van der Waals surface area contributed by atoms with E-state index in [9.17, 15) is 0 Å². The number of nitrogens with zero attached hydrogens (tertiary/aromatic N) is 4. The Bertz CT molecular complexity index is 444. The topological polar surface area (TPSA) is 43.1 Å². The van der Waals surface area contributed by atoms with E-state index < -0.39 is 0 Å². The van der Waals surface area contributed by atoms with Crippen molar-refractivity contribution < 1.29 is 0 Å². The lowest BCUT2D eigenvalue weighted by molar-refractivity contribution is 0.763. The molecule has 0 aliphatic carbocycles. The molecule has 2 aromatic heterocycles. The lowest BCUT2D eigenvalue weighted by atomic mass is 10.2. The Balaban J connectivity index is 2.54. The van der Waals surface area contributed by atoms with E-state index >= 15 is 0 Å². The Morgan fingerprint density at radius 2 is 2.21 bits per heavy atom. The third kappa shape index (κ3) is 1.47. The van der Waals surface area contributed by atoms with Crippen molar-refractivity contribution in [3.63, 3.8) is 0 Å². The van der Waals surface area contributed by atoms with Gasteiger partial charge in [-0.25, -0.2) is 9.50 Å². The van der Waals surface area contributed by atoms with Crippen LogP contribution in [0.5, 0.6) is 0 Å². The zero-order chi connectivity index (χ0) is 10.1. The molecule has 0 bridgehead atoms. The molecule has 0 aliphatic rings. The average molecular weight is 190 g/mol. The van der Waals surface area contributed by atoms with E-state index in [-0.39, 0.29) is 0 Å². The predicted molar refractivity (Wildman–Crippen MR) is 54.2 cm³/mol. The number of hydrogen-bond acceptors (Lipinski definition) is 3. The van der Waals surface area contributed by atoms with Gasteiger partial charge in [-0.1, -0.05) is 20.8 Å². The molecular formula is C10H14N4. The standard InChI is InChI=1S/C10H14N4/c1-4-8-5-11-10-12-9(7(2)3)13-14(10)6-8/h5-7H,4H2,1-3H3. The minimum absolute atomic E-state index is 0.349. The fourth-order valence-corrected chi connectivity index (χ4v) is 1.26. The molecule has 0 aromatic carbocycles. The number of aromatic nitrogens is 4. The minimum atomic E-state index is 0.349. The highest BCUT2D eigenvalue weighted by molar-refractivity contribution is 5.28. The maximum atomic E-state index is 4.36. The second kappa shape index (κ2) is 3.36. The zero-order valence-corrected chi connectivity index (χ0v) is 8.73. The Kier molecular flexibility index (Phi) is 2.19. The molecule has 4 nitrogen and oxygen atoms in total. The Hall–Kier alpha value is -1.45. The molecule has 2 heterocycles. The van der Waals surface area contributed by atoms with Gasteiger partial charge in [-0.3, -0.25) is 0 Å². The summed E-state index contributed by atoms with van der Waals surface area (Å²) in [5.41, 5.74) is 1.18. The van der Waals surface area contributed by atoms with Gasteiger partial charge in [0.2, 0.25) is 0 Å². The fraction of sp³-hybridized carbons (Fsp3) is 0.500. The van der Waals surface area contributed by atoms with Crippen LogP contribution in [0.1, 0.15) is 38.1 Å². The second-order valence-electron chi connectivity index (χ2n) is 3.69. The molecule has 0 saturated carbocycles. The van der Waals surface area contributed by atoms with Crippen molar-refractivity contribution in [1.82, 2.24) is 19.6 Å². The summed E-state index contributed by atoms with van der Waals surface area (Å²) < 4.78 is 1.76. The average Bonchev–Trinajstić information content (AvgIpc) is 2.59. The van der Waals surface area contributed by atoms with E-state index in [0.29, 0.717) is 11.7 Å². The van der Waals surface area contributed by atoms with Crippen LogP contribution in [0.25, 0.3) is 5.78 Å². The first-order valence-electron chi connectivity index (χ1n) is 4.92. The molecule has 14 heavy (non-hydrogen) atoms. The van der Waals surface area contributed by atoms with Crippen LogP contribution < -0.4 is 0 Å². The number of hydrogen-bond donors (Lipinski definition) is 0. The van der Waals surface area contributed by atoms with E-state index in [1.54, 1.807) is 4.52 Å². The van der Waals surface area contributed by atoms with Crippen molar-refractivity contribution in [2.24, 2.45) is 0 Å². The smallest absolute Gasteiger partial charge is 0.219 e. The van der Waals surface area contributed by atoms with Crippen molar-refractivity contribution in [2.75, 3.05) is 0 Å². The van der Waals surface area contributed by atoms with Crippen LogP contribution in [0, 0.1) is 0 Å². The summed E-state index contributed by atoms with van der Waals surface area (Å²) in [5.74, 6) is 1.89. The zero-order valence-electron chi connectivity index (χ0n) is 8.73. The Morgan fingerprint density at radius 1 is 1.43 bits per heavy atom. The summed E-state index contributed by atoms with van der Waals surface area (Å²) in [7, 11) is 0. The summed E-state index contributed by atoms with van der Waals surface area (Å²) in [6.45, 7) is 6.26. The molecule has 0 radical (unpaired) electrons. The van der Waals surface area contributed by atoms with Gasteiger partial charge in [-0.05, 0) is 12.0 Å². The van der Waals surface area contributed by atoms with Crippen LogP contribution in [-0.4, -0.2) is 19.6 Å². The van der Waals surface area contributed by atoms with E-state index in [4.69, 9.17) is 0 Å². The molecular weight excluding hydrogens is 176 g/mol. The minimum Gasteiger partial charge on any atom is -0.219 e. The van der Waals surface area contributed by atoms with E-state index in [2.05, 4.69) is 35.8 Å². The highest BCUT2D eigenvalue weighted by atomic mass is 15.3. The van der Waals surface area contributed by atoms with Crippen molar-refractivity contribution >= 4 is 5.78 Å². The predicted octanol–water partition coefficient (Wildman–Crippen LogP) is 1.81. The van der Waals surface area contributed by atoms with E-state index in [1.807, 2.05) is 12.4 Å². The highest BCUT2D eigenvalue weighted by Crippen LogP contribution is 2.10. The fourth-order valence-electron chi connectivity index (χ4n) is 1.26. The summed E-state index contributed by atoms with van der Waals surface area (Å²) >= 11 is 0. The van der Waals surface area contributed by atoms with Gasteiger partial charge in [-0.15, -0.1) is 5.10 Å². The molecule has 0 atom stereocenters. The van der Waals surface area contributed by atoms with Crippen molar-refractivity contribution in [1.29, 1.82) is 0 Å². The molecule has 2 aromatic rings. The van der Waals surface area contributed by atoms with Gasteiger partial charge in [0.25, 0.3) is 5.78 Å². The lowest BCUT2D eigenvalue weighted by Crippen LogP contribution is -1.94. The molecule has 0 N–H and O–H groups in total. The van der Waals surface area contributed by atoms with Crippen LogP contribution in [-0.2, 0) is 6.42 Å². The first-order chi connectivity index (χ1) is 6.70. The lowest BCUT2D eigenvalue weighted by Gasteiger charge is -1.94. The van der Waals surface area contributed by atoms with Crippen LogP contribution in [0.4, 0.5) is 0 Å². The van der Waals surface area contributed by atoms with E-state index in [0.717, 1.165) is 12.2 Å². The third-order valence-electron chi connectivity index (χ3n) is 2.19. The van der Waals surface area contributed by atoms with Gasteiger partial charge in [0.1, 0.15) is 0 Å². The number of fused-ring (bicyclic) bond motifs is 1. The first-order valence-corrected chi connectivity index (χ1v) is 4.92. The van der Waals surface area contributed by atoms with Crippen LogP contribution >= 0.6 is 0 Å². The summed E-state index contributed by atoms with van der Waals surface area (Å²) in [6, 6.07) is 0. The van der Waals surface area contributed by atoms with Gasteiger partial charge in [0, 0.05) is 18.3 Å². The molecule has 2 rings (SSSR count). The van der Waals surface area contributed by atoms with Gasteiger partial charge >= 0.3 is 0 Å². The summed E-state index contributed by atoms with van der Waals surface area (Å²) in [5, 5.41) is 4.36. The maximum absolute atomic E-state index is 4.36. The maximum Gasteiger partial charge on any atom is 0.252 e. The van der Waals surface area contributed by atoms with Crippen LogP contribution in [0.15, 0.2) is 12.4 Å². The Labute approximate surface area is 83.0 Å². The normalized spacial score (nSPS) is 11.4. The quantitative estimate of drug-likeness (QED) is 0.725. The third-order valence-corrected chi connectivity index (χ3v) is 2.19. The summed E-state index contributed by atoms with van der Waals surface area (Å²) in [4.78, 5) is 8.57. The van der Waals surface area contributed by atoms with Crippen molar-refractivity contribution in [3.8, 4) is 0 Å². The second-order valence-corrected chi connectivity index (χ2v) is 3.69. The van der Waals surface area contributed by atoms with E-state index in [1.165, 1.54) is 5.56 Å². The van der Waals surface area contributed by atoms with Crippen LogP contribution in [0.3, 0.4) is 0 Å². The number of aryl methyl sites for hydroxylation is 1. The highest BCUT2D eigenvalue weighted by Gasteiger charge is 2.07. The Morgan fingerprint density at radius 3 is 2.86 bits per heavy atom. The molecule has 0 amide bonds. The van der Waals surface area contributed by atoms with Crippen LogP contribution in [0.2, 0.25) is 0 Å². The molecule has 0 unspecified atom stereocenters. The largest absolute Gasteiger partial charge is 0.252 e. The molecule has 0 saturated heterocycles. The first kappa shape index (κ1) is 9.12. The SMILES string of the molecule is CCc1cnc2nc(C(C)C)nn2c1. The number of rotatable bonds is 2.